The van der Waals surface area contributed by atoms with Crippen molar-refractivity contribution in [3.05, 3.63) is 112 Å². The van der Waals surface area contributed by atoms with Gasteiger partial charge in [-0.2, -0.15) is 0 Å². The Hall–Kier alpha value is -4.27. The zero-order valence-electron chi connectivity index (χ0n) is 21.7. The van der Waals surface area contributed by atoms with Crippen LogP contribution >= 0.6 is 7.37 Å². The number of amides is 1. The van der Waals surface area contributed by atoms with E-state index in [9.17, 15) is 29.4 Å². The Morgan fingerprint density at radius 1 is 1.02 bits per heavy atom. The highest BCUT2D eigenvalue weighted by atomic mass is 31.2. The first-order valence-corrected chi connectivity index (χ1v) is 14.3. The van der Waals surface area contributed by atoms with E-state index in [0.717, 1.165) is 0 Å². The van der Waals surface area contributed by atoms with Crippen molar-refractivity contribution in [1.82, 2.24) is 4.90 Å². The SMILES string of the molecule is CC1C(OP(=O)(c2ccccc2)c2ccccc2)=C(C(=O)OCc2ccc([N+](=O)[O-])cc2)N2C(=O)C([C@@H](C)O)C12. The van der Waals surface area contributed by atoms with Gasteiger partial charge in [-0.3, -0.25) is 24.4 Å². The van der Waals surface area contributed by atoms with Gasteiger partial charge in [0.15, 0.2) is 5.70 Å². The number of aliphatic hydroxyl groups excluding tert-OH is 1. The number of esters is 1. The Bertz CT molecular complexity index is 1480. The zero-order chi connectivity index (χ0) is 28.6. The number of benzene rings is 3. The first-order valence-electron chi connectivity index (χ1n) is 12.7. The predicted molar refractivity (Wildman–Crippen MR) is 146 cm³/mol. The molecule has 1 saturated heterocycles. The van der Waals surface area contributed by atoms with Gasteiger partial charge in [0.2, 0.25) is 5.91 Å². The number of hydrogen-bond acceptors (Lipinski definition) is 8. The van der Waals surface area contributed by atoms with Crippen LogP contribution < -0.4 is 10.6 Å². The minimum atomic E-state index is -3.80. The van der Waals surface area contributed by atoms with E-state index in [1.165, 1.54) is 36.1 Å². The molecule has 11 heteroatoms. The zero-order valence-corrected chi connectivity index (χ0v) is 22.6. The number of nitro benzene ring substituents is 1. The van der Waals surface area contributed by atoms with Gasteiger partial charge < -0.3 is 14.4 Å². The maximum absolute atomic E-state index is 14.7. The maximum atomic E-state index is 14.7. The van der Waals surface area contributed by atoms with E-state index in [1.54, 1.807) is 67.6 Å². The molecule has 0 spiro atoms. The Balaban J connectivity index is 1.53. The quantitative estimate of drug-likeness (QED) is 0.137. The molecule has 10 nitrogen and oxygen atoms in total. The number of fused-ring (bicyclic) bond motifs is 1. The lowest BCUT2D eigenvalue weighted by Crippen LogP contribution is -2.63. The summed E-state index contributed by atoms with van der Waals surface area (Å²) < 4.78 is 26.5. The molecule has 206 valence electrons. The van der Waals surface area contributed by atoms with Crippen molar-refractivity contribution in [1.29, 1.82) is 0 Å². The second-order valence-corrected chi connectivity index (χ2v) is 12.1. The molecule has 2 heterocycles. The summed E-state index contributed by atoms with van der Waals surface area (Å²) in [5.41, 5.74) is 0.239. The largest absolute Gasteiger partial charge is 0.456 e. The second-order valence-electron chi connectivity index (χ2n) is 9.78. The van der Waals surface area contributed by atoms with E-state index >= 15 is 0 Å². The monoisotopic (exact) mass is 562 g/mol. The number of nitrogens with zero attached hydrogens (tertiary/aromatic N) is 2. The Kier molecular flexibility index (Phi) is 7.31. The van der Waals surface area contributed by atoms with Crippen LogP contribution in [-0.2, 0) is 30.0 Å². The molecule has 0 aromatic heterocycles. The summed E-state index contributed by atoms with van der Waals surface area (Å²) >= 11 is 0. The van der Waals surface area contributed by atoms with Crippen LogP contribution in [-0.4, -0.2) is 39.0 Å². The number of hydrogen-bond donors (Lipinski definition) is 1. The van der Waals surface area contributed by atoms with Crippen molar-refractivity contribution < 1.29 is 33.4 Å². The normalized spacial score (nSPS) is 20.9. The lowest BCUT2D eigenvalue weighted by Gasteiger charge is -2.46. The molecule has 4 atom stereocenters. The highest BCUT2D eigenvalue weighted by Gasteiger charge is 2.61. The molecule has 0 saturated carbocycles. The van der Waals surface area contributed by atoms with Crippen molar-refractivity contribution in [2.45, 2.75) is 32.6 Å². The Morgan fingerprint density at radius 2 is 1.57 bits per heavy atom. The third-order valence-corrected chi connectivity index (χ3v) is 9.65. The van der Waals surface area contributed by atoms with Crippen LogP contribution in [0.25, 0.3) is 0 Å². The number of carbonyl (C=O) groups is 2. The van der Waals surface area contributed by atoms with Crippen LogP contribution in [0.1, 0.15) is 19.4 Å². The van der Waals surface area contributed by atoms with E-state index in [0.29, 0.717) is 16.2 Å². The van der Waals surface area contributed by atoms with Gasteiger partial charge in [0.25, 0.3) is 5.69 Å². The van der Waals surface area contributed by atoms with Gasteiger partial charge in [0.05, 0.1) is 33.6 Å². The Morgan fingerprint density at radius 3 is 2.08 bits per heavy atom. The molecular weight excluding hydrogens is 535 g/mol. The molecular formula is C29H27N2O8P. The van der Waals surface area contributed by atoms with Gasteiger partial charge in [0.1, 0.15) is 12.4 Å². The van der Waals surface area contributed by atoms with Gasteiger partial charge >= 0.3 is 13.3 Å². The molecule has 1 N–H and O–H groups in total. The first kappa shape index (κ1) is 27.3. The van der Waals surface area contributed by atoms with Crippen molar-refractivity contribution in [3.8, 4) is 0 Å². The lowest BCUT2D eigenvalue weighted by atomic mass is 9.79. The van der Waals surface area contributed by atoms with Crippen molar-refractivity contribution in [2.24, 2.45) is 11.8 Å². The average molecular weight is 563 g/mol. The van der Waals surface area contributed by atoms with Gasteiger partial charge in [-0.15, -0.1) is 0 Å². The van der Waals surface area contributed by atoms with Crippen molar-refractivity contribution in [2.75, 3.05) is 0 Å². The summed E-state index contributed by atoms with van der Waals surface area (Å²) in [6.07, 6.45) is -0.969. The predicted octanol–water partition coefficient (Wildman–Crippen LogP) is 3.65. The fourth-order valence-electron chi connectivity index (χ4n) is 5.21. The van der Waals surface area contributed by atoms with Gasteiger partial charge in [-0.05, 0) is 48.9 Å². The van der Waals surface area contributed by atoms with Crippen molar-refractivity contribution >= 4 is 35.5 Å². The highest BCUT2D eigenvalue weighted by molar-refractivity contribution is 7.74. The van der Waals surface area contributed by atoms with Gasteiger partial charge in [0, 0.05) is 18.1 Å². The lowest BCUT2D eigenvalue weighted by molar-refractivity contribution is -0.384. The standard InChI is InChI=1S/C29H27N2O8P/c1-18-25-24(19(2)32)28(33)30(25)26(29(34)38-17-20-13-15-21(16-14-20)31(35)36)27(18)39-40(37,22-9-5-3-6-10-22)23-11-7-4-8-12-23/h3-16,18-19,24-25,32H,17H2,1-2H3/t18?,19-,24?,25?/m1/s1. The van der Waals surface area contributed by atoms with Crippen LogP contribution in [0.5, 0.6) is 0 Å². The summed E-state index contributed by atoms with van der Waals surface area (Å²) in [4.78, 5) is 38.3. The van der Waals surface area contributed by atoms with Crippen LogP contribution in [0.4, 0.5) is 5.69 Å². The number of nitro groups is 1. The maximum Gasteiger partial charge on any atom is 0.358 e. The Labute approximate surface area is 230 Å². The highest BCUT2D eigenvalue weighted by Crippen LogP contribution is 2.55. The van der Waals surface area contributed by atoms with E-state index in [2.05, 4.69) is 0 Å². The molecule has 3 aromatic rings. The number of rotatable bonds is 9. The summed E-state index contributed by atoms with van der Waals surface area (Å²) in [7, 11) is -3.80. The second kappa shape index (κ2) is 10.7. The molecule has 0 radical (unpaired) electrons. The van der Waals surface area contributed by atoms with E-state index in [4.69, 9.17) is 9.26 Å². The molecule has 1 fully saturated rings. The smallest absolute Gasteiger partial charge is 0.358 e. The summed E-state index contributed by atoms with van der Waals surface area (Å²) in [5, 5.41) is 22.1. The summed E-state index contributed by atoms with van der Waals surface area (Å²) in [6.45, 7) is 3.05. The van der Waals surface area contributed by atoms with Crippen molar-refractivity contribution in [3.63, 3.8) is 0 Å². The van der Waals surface area contributed by atoms with E-state index in [-0.39, 0.29) is 23.8 Å². The fourth-order valence-corrected chi connectivity index (χ4v) is 7.37. The molecule has 3 unspecified atom stereocenters. The molecule has 40 heavy (non-hydrogen) atoms. The first-order chi connectivity index (χ1) is 19.1. The number of carbonyl (C=O) groups excluding carboxylic acids is 2. The average Bonchev–Trinajstić information content (AvgIpc) is 3.20. The topological polar surface area (TPSA) is 136 Å². The van der Waals surface area contributed by atoms with Gasteiger partial charge in [-0.25, -0.2) is 4.79 Å². The number of aliphatic hydroxyl groups is 1. The third kappa shape index (κ3) is 4.69. The summed E-state index contributed by atoms with van der Waals surface area (Å²) in [6, 6.07) is 22.2. The number of β-lactam (4-membered cyclic amide) rings is 1. The molecule has 0 aliphatic carbocycles. The molecule has 2 aliphatic rings. The van der Waals surface area contributed by atoms with Crippen LogP contribution in [0, 0.1) is 22.0 Å². The molecule has 5 rings (SSSR count). The molecule has 2 aliphatic heterocycles. The minimum Gasteiger partial charge on any atom is -0.456 e. The number of ether oxygens (including phenoxy) is 1. The third-order valence-electron chi connectivity index (χ3n) is 7.24. The van der Waals surface area contributed by atoms with Gasteiger partial charge in [-0.1, -0.05) is 43.3 Å². The molecule has 0 bridgehead atoms. The number of non-ortho nitro benzene ring substituents is 1. The minimum absolute atomic E-state index is 0.0474. The fraction of sp³-hybridized carbons (Fsp3) is 0.241. The van der Waals surface area contributed by atoms with Crippen LogP contribution in [0.15, 0.2) is 96.4 Å². The summed E-state index contributed by atoms with van der Waals surface area (Å²) in [5.74, 6) is -2.61. The van der Waals surface area contributed by atoms with Crippen LogP contribution in [0.3, 0.4) is 0 Å². The molecule has 1 amide bonds. The van der Waals surface area contributed by atoms with E-state index < -0.39 is 48.2 Å². The van der Waals surface area contributed by atoms with Crippen LogP contribution in [0.2, 0.25) is 0 Å². The van der Waals surface area contributed by atoms with E-state index in [1.807, 2.05) is 0 Å². The molecule has 3 aromatic carbocycles.